The molecule has 1 aromatic carbocycles. The fourth-order valence-electron chi connectivity index (χ4n) is 1.53. The summed E-state index contributed by atoms with van der Waals surface area (Å²) in [7, 11) is 1.50. The number of carbonyl (C=O) groups excluding carboxylic acids is 1. The summed E-state index contributed by atoms with van der Waals surface area (Å²) in [6, 6.07) is 8.11. The third-order valence-corrected chi connectivity index (χ3v) is 2.67. The Morgan fingerprint density at radius 2 is 2.10 bits per heavy atom. The van der Waals surface area contributed by atoms with Crippen molar-refractivity contribution in [1.29, 1.82) is 5.26 Å². The maximum atomic E-state index is 11.8. The highest BCUT2D eigenvalue weighted by atomic mass is 16.4. The summed E-state index contributed by atoms with van der Waals surface area (Å²) in [5.74, 6) is -1.33. The minimum atomic E-state index is -1.51. The molecule has 0 heterocycles. The number of carboxylic acid groups (broad SMARTS) is 1. The van der Waals surface area contributed by atoms with Gasteiger partial charge in [0.15, 0.2) is 6.10 Å². The molecule has 0 saturated carbocycles. The molecule has 0 aliphatic rings. The van der Waals surface area contributed by atoms with Crippen LogP contribution in [-0.4, -0.2) is 41.9 Å². The van der Waals surface area contributed by atoms with Gasteiger partial charge in [-0.05, 0) is 12.1 Å². The molecule has 2 amide bonds. The first kappa shape index (κ1) is 15.5. The number of amides is 2. The number of benzene rings is 1. The minimum absolute atomic E-state index is 0.0192. The molecule has 1 atom stereocenters. The van der Waals surface area contributed by atoms with Crippen LogP contribution in [0.25, 0.3) is 0 Å². The van der Waals surface area contributed by atoms with Gasteiger partial charge in [0.25, 0.3) is 0 Å². The summed E-state index contributed by atoms with van der Waals surface area (Å²) in [6.45, 7) is 0.0192. The number of hydrogen-bond donors (Lipinski definition) is 3. The van der Waals surface area contributed by atoms with Gasteiger partial charge in [-0.15, -0.1) is 0 Å². The van der Waals surface area contributed by atoms with Gasteiger partial charge in [0.05, 0.1) is 11.3 Å². The van der Waals surface area contributed by atoms with Gasteiger partial charge in [-0.25, -0.2) is 9.59 Å². The van der Waals surface area contributed by atoms with Crippen LogP contribution in [0.5, 0.6) is 0 Å². The summed E-state index contributed by atoms with van der Waals surface area (Å²) >= 11 is 0. The molecule has 3 N–H and O–H groups in total. The molecule has 7 nitrogen and oxygen atoms in total. The zero-order valence-electron chi connectivity index (χ0n) is 10.9. The Kier molecular flexibility index (Phi) is 5.50. The van der Waals surface area contributed by atoms with Crippen LogP contribution in [0.2, 0.25) is 0 Å². The number of aliphatic hydroxyl groups excluding tert-OH is 1. The standard InChI is InChI=1S/C13H15N3O4/c1-16(10-5-3-2-4-9(10)8-14)13(20)15-7-6-11(17)12(18)19/h2-5,11,17H,6-7H2,1H3,(H,15,20)(H,18,19)/t11-/m0/s1. The Morgan fingerprint density at radius 3 is 2.70 bits per heavy atom. The molecule has 0 aliphatic carbocycles. The smallest absolute Gasteiger partial charge is 0.332 e. The van der Waals surface area contributed by atoms with E-state index in [1.807, 2.05) is 6.07 Å². The predicted molar refractivity (Wildman–Crippen MR) is 71.2 cm³/mol. The summed E-state index contributed by atoms with van der Waals surface area (Å²) in [5.41, 5.74) is 0.807. The molecule has 0 saturated heterocycles. The summed E-state index contributed by atoms with van der Waals surface area (Å²) in [6.07, 6.45) is -1.60. The number of para-hydroxylation sites is 1. The highest BCUT2D eigenvalue weighted by molar-refractivity contribution is 5.92. The van der Waals surface area contributed by atoms with Crippen LogP contribution in [0.15, 0.2) is 24.3 Å². The van der Waals surface area contributed by atoms with Crippen molar-refractivity contribution in [2.24, 2.45) is 0 Å². The minimum Gasteiger partial charge on any atom is -0.479 e. The molecule has 0 aliphatic heterocycles. The first-order valence-corrected chi connectivity index (χ1v) is 5.89. The number of nitriles is 1. The number of nitrogens with zero attached hydrogens (tertiary/aromatic N) is 2. The molecule has 0 unspecified atom stereocenters. The molecular formula is C13H15N3O4. The highest BCUT2D eigenvalue weighted by Gasteiger charge is 2.16. The van der Waals surface area contributed by atoms with Gasteiger partial charge >= 0.3 is 12.0 Å². The predicted octanol–water partition coefficient (Wildman–Crippen LogP) is 0.540. The molecule has 0 spiro atoms. The van der Waals surface area contributed by atoms with Crippen molar-refractivity contribution >= 4 is 17.7 Å². The largest absolute Gasteiger partial charge is 0.479 e. The maximum Gasteiger partial charge on any atom is 0.332 e. The van der Waals surface area contributed by atoms with Crippen LogP contribution in [-0.2, 0) is 4.79 Å². The van der Waals surface area contributed by atoms with Crippen molar-refractivity contribution in [3.05, 3.63) is 29.8 Å². The zero-order valence-corrected chi connectivity index (χ0v) is 10.9. The molecule has 20 heavy (non-hydrogen) atoms. The fourth-order valence-corrected chi connectivity index (χ4v) is 1.53. The lowest BCUT2D eigenvalue weighted by Gasteiger charge is -2.19. The van der Waals surface area contributed by atoms with Crippen LogP contribution in [0.3, 0.4) is 0 Å². The van der Waals surface area contributed by atoms with E-state index in [4.69, 9.17) is 15.5 Å². The van der Waals surface area contributed by atoms with Crippen molar-refractivity contribution in [1.82, 2.24) is 5.32 Å². The van der Waals surface area contributed by atoms with Crippen molar-refractivity contribution in [2.45, 2.75) is 12.5 Å². The van der Waals surface area contributed by atoms with Gasteiger partial charge in [0.1, 0.15) is 6.07 Å². The SMILES string of the molecule is CN(C(=O)NCC[C@H](O)C(=O)O)c1ccccc1C#N. The molecule has 0 aromatic heterocycles. The lowest BCUT2D eigenvalue weighted by molar-refractivity contribution is -0.146. The van der Waals surface area contributed by atoms with Gasteiger partial charge in [-0.3, -0.25) is 4.90 Å². The number of hydrogen-bond acceptors (Lipinski definition) is 4. The average Bonchev–Trinajstić information content (AvgIpc) is 2.45. The Balaban J connectivity index is 2.60. The first-order chi connectivity index (χ1) is 9.47. The monoisotopic (exact) mass is 277 g/mol. The summed E-state index contributed by atoms with van der Waals surface area (Å²) < 4.78 is 0. The van der Waals surface area contributed by atoms with Gasteiger partial charge in [-0.2, -0.15) is 5.26 Å². The van der Waals surface area contributed by atoms with Crippen molar-refractivity contribution < 1.29 is 19.8 Å². The Labute approximate surface area is 116 Å². The molecule has 1 aromatic rings. The number of aliphatic hydroxyl groups is 1. The van der Waals surface area contributed by atoms with E-state index in [0.717, 1.165) is 0 Å². The van der Waals surface area contributed by atoms with Crippen LogP contribution >= 0.6 is 0 Å². The van der Waals surface area contributed by atoms with E-state index in [1.165, 1.54) is 11.9 Å². The number of urea groups is 1. The van der Waals surface area contributed by atoms with E-state index >= 15 is 0 Å². The molecular weight excluding hydrogens is 262 g/mol. The summed E-state index contributed by atoms with van der Waals surface area (Å²) in [4.78, 5) is 23.5. The van der Waals surface area contributed by atoms with Gasteiger partial charge < -0.3 is 15.5 Å². The first-order valence-electron chi connectivity index (χ1n) is 5.89. The van der Waals surface area contributed by atoms with E-state index in [-0.39, 0.29) is 13.0 Å². The molecule has 0 fully saturated rings. The van der Waals surface area contributed by atoms with E-state index < -0.39 is 18.1 Å². The lowest BCUT2D eigenvalue weighted by Crippen LogP contribution is -2.39. The van der Waals surface area contributed by atoms with Crippen LogP contribution in [0, 0.1) is 11.3 Å². The van der Waals surface area contributed by atoms with Crippen molar-refractivity contribution in [3.63, 3.8) is 0 Å². The molecule has 7 heteroatoms. The number of anilines is 1. The van der Waals surface area contributed by atoms with Crippen LogP contribution in [0.1, 0.15) is 12.0 Å². The lowest BCUT2D eigenvalue weighted by atomic mass is 10.2. The van der Waals surface area contributed by atoms with Gasteiger partial charge in [-0.1, -0.05) is 12.1 Å². The normalized spacial score (nSPS) is 11.2. The van der Waals surface area contributed by atoms with E-state index in [0.29, 0.717) is 11.3 Å². The van der Waals surface area contributed by atoms with E-state index in [1.54, 1.807) is 24.3 Å². The van der Waals surface area contributed by atoms with Gasteiger partial charge in [0, 0.05) is 20.0 Å². The maximum absolute atomic E-state index is 11.8. The second kappa shape index (κ2) is 7.11. The van der Waals surface area contributed by atoms with Crippen LogP contribution < -0.4 is 10.2 Å². The van der Waals surface area contributed by atoms with Crippen molar-refractivity contribution in [2.75, 3.05) is 18.5 Å². The second-order valence-corrected chi connectivity index (χ2v) is 4.06. The molecule has 0 bridgehead atoms. The average molecular weight is 277 g/mol. The van der Waals surface area contributed by atoms with E-state index in [9.17, 15) is 9.59 Å². The fraction of sp³-hybridized carbons (Fsp3) is 0.308. The Bertz CT molecular complexity index is 539. The number of rotatable bonds is 5. The Morgan fingerprint density at radius 1 is 1.45 bits per heavy atom. The number of carboxylic acids is 1. The Hall–Kier alpha value is -2.59. The van der Waals surface area contributed by atoms with Crippen LogP contribution in [0.4, 0.5) is 10.5 Å². The number of aliphatic carboxylic acids is 1. The zero-order chi connectivity index (χ0) is 15.1. The number of carbonyl (C=O) groups is 2. The molecule has 0 radical (unpaired) electrons. The molecule has 1 rings (SSSR count). The third kappa shape index (κ3) is 3.96. The van der Waals surface area contributed by atoms with E-state index in [2.05, 4.69) is 5.32 Å². The van der Waals surface area contributed by atoms with Gasteiger partial charge in [0.2, 0.25) is 0 Å². The molecule has 106 valence electrons. The second-order valence-electron chi connectivity index (χ2n) is 4.06. The number of nitrogens with one attached hydrogen (secondary N) is 1. The highest BCUT2D eigenvalue weighted by Crippen LogP contribution is 2.17. The van der Waals surface area contributed by atoms with Crippen molar-refractivity contribution in [3.8, 4) is 6.07 Å². The quantitative estimate of drug-likeness (QED) is 0.726. The third-order valence-electron chi connectivity index (χ3n) is 2.67. The summed E-state index contributed by atoms with van der Waals surface area (Å²) in [5, 5.41) is 29.0. The topological polar surface area (TPSA) is 114 Å².